The Morgan fingerprint density at radius 1 is 1.15 bits per heavy atom. The number of hydrogen-bond donors (Lipinski definition) is 0. The molecule has 20 heavy (non-hydrogen) atoms. The minimum Gasteiger partial charge on any atom is -0.485 e. The average molecular weight is 311 g/mol. The third-order valence-electron chi connectivity index (χ3n) is 2.40. The highest BCUT2D eigenvalue weighted by molar-refractivity contribution is 6.34. The maximum absolute atomic E-state index is 5.88. The van der Waals surface area contributed by atoms with Gasteiger partial charge in [-0.2, -0.15) is 4.98 Å². The van der Waals surface area contributed by atoms with Crippen molar-refractivity contribution >= 4 is 23.2 Å². The largest absolute Gasteiger partial charge is 0.485 e. The molecule has 0 radical (unpaired) electrons. The van der Waals surface area contributed by atoms with Crippen LogP contribution < -0.4 is 4.74 Å². The molecule has 1 aromatic carbocycles. The van der Waals surface area contributed by atoms with Gasteiger partial charge < -0.3 is 13.7 Å². The molecular formula is C13H8Cl2N2O3. The number of furan rings is 1. The van der Waals surface area contributed by atoms with Crippen molar-refractivity contribution in [2.75, 3.05) is 0 Å². The molecule has 5 nitrogen and oxygen atoms in total. The third kappa shape index (κ3) is 2.95. The van der Waals surface area contributed by atoms with E-state index in [9.17, 15) is 0 Å². The number of hydrogen-bond acceptors (Lipinski definition) is 5. The Labute approximate surface area is 124 Å². The summed E-state index contributed by atoms with van der Waals surface area (Å²) >= 11 is 11.8. The van der Waals surface area contributed by atoms with Crippen molar-refractivity contribution in [1.82, 2.24) is 10.1 Å². The molecule has 3 rings (SSSR count). The van der Waals surface area contributed by atoms with Crippen LogP contribution in [0.4, 0.5) is 0 Å². The third-order valence-corrected chi connectivity index (χ3v) is 2.84. The van der Waals surface area contributed by atoms with E-state index in [2.05, 4.69) is 10.1 Å². The molecular weight excluding hydrogens is 303 g/mol. The molecule has 0 fully saturated rings. The SMILES string of the molecule is Clc1cc(Cl)cc(OCc2noc(-c3ccco3)n2)c1. The van der Waals surface area contributed by atoms with Crippen molar-refractivity contribution in [3.05, 3.63) is 52.5 Å². The molecule has 2 aromatic heterocycles. The van der Waals surface area contributed by atoms with Crippen molar-refractivity contribution in [3.63, 3.8) is 0 Å². The lowest BCUT2D eigenvalue weighted by molar-refractivity contribution is 0.287. The summed E-state index contributed by atoms with van der Waals surface area (Å²) in [6.07, 6.45) is 1.53. The second-order valence-corrected chi connectivity index (χ2v) is 4.76. The fraction of sp³-hybridized carbons (Fsp3) is 0.0769. The highest BCUT2D eigenvalue weighted by Gasteiger charge is 2.11. The van der Waals surface area contributed by atoms with Gasteiger partial charge in [-0.15, -0.1) is 0 Å². The van der Waals surface area contributed by atoms with E-state index in [0.717, 1.165) is 0 Å². The molecule has 0 unspecified atom stereocenters. The molecule has 0 aliphatic heterocycles. The second-order valence-electron chi connectivity index (χ2n) is 3.89. The minimum atomic E-state index is 0.140. The van der Waals surface area contributed by atoms with Gasteiger partial charge in [-0.3, -0.25) is 0 Å². The van der Waals surface area contributed by atoms with Crippen LogP contribution in [0.15, 0.2) is 45.5 Å². The van der Waals surface area contributed by atoms with Gasteiger partial charge >= 0.3 is 0 Å². The Morgan fingerprint density at radius 2 is 1.95 bits per heavy atom. The normalized spacial score (nSPS) is 10.7. The molecule has 0 aliphatic carbocycles. The van der Waals surface area contributed by atoms with E-state index in [4.69, 9.17) is 36.9 Å². The zero-order chi connectivity index (χ0) is 13.9. The van der Waals surface area contributed by atoms with E-state index in [0.29, 0.717) is 33.3 Å². The number of aromatic nitrogens is 2. The molecule has 0 aliphatic rings. The molecule has 0 N–H and O–H groups in total. The lowest BCUT2D eigenvalue weighted by Crippen LogP contribution is -1.97. The fourth-order valence-electron chi connectivity index (χ4n) is 1.57. The number of ether oxygens (including phenoxy) is 1. The molecule has 0 bridgehead atoms. The van der Waals surface area contributed by atoms with E-state index in [-0.39, 0.29) is 6.61 Å². The lowest BCUT2D eigenvalue weighted by Gasteiger charge is -2.04. The maximum atomic E-state index is 5.88. The average Bonchev–Trinajstić information content (AvgIpc) is 3.06. The standard InChI is InChI=1S/C13H8Cl2N2O3/c14-8-4-9(15)6-10(5-8)19-7-12-16-13(20-17-12)11-2-1-3-18-11/h1-6H,7H2. The highest BCUT2D eigenvalue weighted by atomic mass is 35.5. The first-order valence-corrected chi connectivity index (χ1v) is 6.41. The van der Waals surface area contributed by atoms with Crippen LogP contribution in [0.3, 0.4) is 0 Å². The maximum Gasteiger partial charge on any atom is 0.293 e. The molecule has 2 heterocycles. The summed E-state index contributed by atoms with van der Waals surface area (Å²) in [6, 6.07) is 8.40. The van der Waals surface area contributed by atoms with Crippen LogP contribution in [0, 0.1) is 0 Å². The van der Waals surface area contributed by atoms with Gasteiger partial charge in [0, 0.05) is 10.0 Å². The summed E-state index contributed by atoms with van der Waals surface area (Å²) in [6.45, 7) is 0.140. The Morgan fingerprint density at radius 3 is 2.65 bits per heavy atom. The number of halogens is 2. The summed E-state index contributed by atoms with van der Waals surface area (Å²) in [5, 5.41) is 4.79. The zero-order valence-corrected chi connectivity index (χ0v) is 11.6. The Kier molecular flexibility index (Phi) is 3.62. The second kappa shape index (κ2) is 5.56. The van der Waals surface area contributed by atoms with E-state index in [1.807, 2.05) is 0 Å². The minimum absolute atomic E-state index is 0.140. The first-order chi connectivity index (χ1) is 9.70. The van der Waals surface area contributed by atoms with Crippen molar-refractivity contribution in [2.24, 2.45) is 0 Å². The summed E-state index contributed by atoms with van der Waals surface area (Å²) in [4.78, 5) is 4.15. The lowest BCUT2D eigenvalue weighted by atomic mass is 10.3. The quantitative estimate of drug-likeness (QED) is 0.722. The van der Waals surface area contributed by atoms with Gasteiger partial charge in [0.05, 0.1) is 6.26 Å². The highest BCUT2D eigenvalue weighted by Crippen LogP contribution is 2.25. The Bertz CT molecular complexity index is 690. The fourth-order valence-corrected chi connectivity index (χ4v) is 2.08. The van der Waals surface area contributed by atoms with Crippen LogP contribution in [0.5, 0.6) is 5.75 Å². The zero-order valence-electron chi connectivity index (χ0n) is 10.0. The summed E-state index contributed by atoms with van der Waals surface area (Å²) in [5.74, 6) is 1.74. The molecule has 3 aromatic rings. The van der Waals surface area contributed by atoms with Crippen molar-refractivity contribution in [2.45, 2.75) is 6.61 Å². The van der Waals surface area contributed by atoms with Crippen LogP contribution in [0.1, 0.15) is 5.82 Å². The molecule has 0 amide bonds. The van der Waals surface area contributed by atoms with Crippen molar-refractivity contribution < 1.29 is 13.7 Å². The number of benzene rings is 1. The Hall–Kier alpha value is -1.98. The predicted octanol–water partition coefficient (Wildman–Crippen LogP) is 4.22. The van der Waals surface area contributed by atoms with E-state index in [1.165, 1.54) is 6.26 Å². The summed E-state index contributed by atoms with van der Waals surface area (Å²) in [7, 11) is 0. The van der Waals surface area contributed by atoms with Crippen LogP contribution in [0.25, 0.3) is 11.7 Å². The van der Waals surface area contributed by atoms with Crippen LogP contribution in [0.2, 0.25) is 10.0 Å². The van der Waals surface area contributed by atoms with Gasteiger partial charge in [-0.1, -0.05) is 28.4 Å². The van der Waals surface area contributed by atoms with Gasteiger partial charge in [-0.05, 0) is 30.3 Å². The van der Waals surface area contributed by atoms with E-state index < -0.39 is 0 Å². The van der Waals surface area contributed by atoms with E-state index in [1.54, 1.807) is 30.3 Å². The molecule has 102 valence electrons. The van der Waals surface area contributed by atoms with Crippen molar-refractivity contribution in [3.8, 4) is 17.4 Å². The molecule has 0 saturated heterocycles. The monoisotopic (exact) mass is 310 g/mol. The molecule has 0 saturated carbocycles. The van der Waals surface area contributed by atoms with E-state index >= 15 is 0 Å². The van der Waals surface area contributed by atoms with Crippen LogP contribution >= 0.6 is 23.2 Å². The van der Waals surface area contributed by atoms with Gasteiger partial charge in [0.2, 0.25) is 5.82 Å². The smallest absolute Gasteiger partial charge is 0.293 e. The number of rotatable bonds is 4. The first kappa shape index (κ1) is 13.0. The molecule has 7 heteroatoms. The van der Waals surface area contributed by atoms with Gasteiger partial charge in [0.1, 0.15) is 5.75 Å². The number of nitrogens with zero attached hydrogens (tertiary/aromatic N) is 2. The Balaban J connectivity index is 1.69. The summed E-state index contributed by atoms with van der Waals surface area (Å²) < 4.78 is 15.7. The summed E-state index contributed by atoms with van der Waals surface area (Å²) in [5.41, 5.74) is 0. The first-order valence-electron chi connectivity index (χ1n) is 5.66. The van der Waals surface area contributed by atoms with Crippen LogP contribution in [-0.2, 0) is 6.61 Å². The van der Waals surface area contributed by atoms with Gasteiger partial charge in [0.25, 0.3) is 5.89 Å². The van der Waals surface area contributed by atoms with Gasteiger partial charge in [0.15, 0.2) is 12.4 Å². The van der Waals surface area contributed by atoms with Gasteiger partial charge in [-0.25, -0.2) is 0 Å². The van der Waals surface area contributed by atoms with Crippen LogP contribution in [-0.4, -0.2) is 10.1 Å². The molecule has 0 spiro atoms. The predicted molar refractivity (Wildman–Crippen MR) is 72.8 cm³/mol. The molecule has 0 atom stereocenters. The topological polar surface area (TPSA) is 61.3 Å². The van der Waals surface area contributed by atoms with Crippen molar-refractivity contribution in [1.29, 1.82) is 0 Å².